The smallest absolute Gasteiger partial charge is 0.265 e. The van der Waals surface area contributed by atoms with E-state index in [2.05, 4.69) is 15.4 Å². The number of nitrogens with two attached hydrogens (primary N) is 1. The third-order valence-electron chi connectivity index (χ3n) is 2.60. The van der Waals surface area contributed by atoms with Gasteiger partial charge >= 0.3 is 0 Å². The lowest BCUT2D eigenvalue weighted by molar-refractivity contribution is 0.0953. The fourth-order valence-electron chi connectivity index (χ4n) is 1.57. The van der Waals surface area contributed by atoms with Gasteiger partial charge in [0.25, 0.3) is 5.91 Å². The Balaban J connectivity index is 1.77. The highest BCUT2D eigenvalue weighted by molar-refractivity contribution is 7.99. The molecule has 2 aromatic rings. The first-order valence-corrected chi connectivity index (χ1v) is 7.34. The van der Waals surface area contributed by atoms with E-state index < -0.39 is 0 Å². The first-order chi connectivity index (χ1) is 10.2. The summed E-state index contributed by atoms with van der Waals surface area (Å²) in [5.74, 6) is 6.18. The highest BCUT2D eigenvalue weighted by atomic mass is 32.2. The summed E-state index contributed by atoms with van der Waals surface area (Å²) >= 11 is 1.54. The predicted octanol–water partition coefficient (Wildman–Crippen LogP) is 1.56. The van der Waals surface area contributed by atoms with Gasteiger partial charge in [0.1, 0.15) is 5.75 Å². The monoisotopic (exact) mass is 304 g/mol. The molecule has 1 aromatic heterocycles. The molecule has 0 saturated heterocycles. The maximum Gasteiger partial charge on any atom is 0.265 e. The number of nitrogens with one attached hydrogen (secondary N) is 1. The Bertz CT molecular complexity index is 604. The quantitative estimate of drug-likeness (QED) is 0.210. The van der Waals surface area contributed by atoms with E-state index in [4.69, 9.17) is 10.6 Å². The van der Waals surface area contributed by atoms with Crippen molar-refractivity contribution in [1.29, 1.82) is 0 Å². The fourth-order valence-corrected chi connectivity index (χ4v) is 2.27. The van der Waals surface area contributed by atoms with Gasteiger partial charge < -0.3 is 4.74 Å². The van der Waals surface area contributed by atoms with Gasteiger partial charge in [0.2, 0.25) is 0 Å². The molecule has 0 aliphatic rings. The number of benzene rings is 1. The Morgan fingerprint density at radius 3 is 2.76 bits per heavy atom. The van der Waals surface area contributed by atoms with Crippen LogP contribution in [-0.2, 0) is 0 Å². The van der Waals surface area contributed by atoms with Crippen LogP contribution in [0.1, 0.15) is 16.1 Å². The maximum atomic E-state index is 11.3. The van der Waals surface area contributed by atoms with E-state index in [0.29, 0.717) is 17.9 Å². The largest absolute Gasteiger partial charge is 0.493 e. The van der Waals surface area contributed by atoms with Crippen molar-refractivity contribution in [3.63, 3.8) is 0 Å². The first-order valence-electron chi connectivity index (χ1n) is 6.35. The van der Waals surface area contributed by atoms with Crippen LogP contribution < -0.4 is 16.0 Å². The number of carbonyl (C=O) groups is 1. The number of aryl methyl sites for hydroxylation is 1. The molecule has 110 valence electrons. The minimum Gasteiger partial charge on any atom is -0.493 e. The molecule has 0 spiro atoms. The molecular weight excluding hydrogens is 288 g/mol. The zero-order chi connectivity index (χ0) is 15.1. The molecule has 3 N–H and O–H groups in total. The first kappa shape index (κ1) is 15.3. The number of carbonyl (C=O) groups excluding carboxylic acids is 1. The van der Waals surface area contributed by atoms with Crippen molar-refractivity contribution < 1.29 is 9.53 Å². The number of hydrazine groups is 1. The van der Waals surface area contributed by atoms with Gasteiger partial charge in [-0.15, -0.1) is 0 Å². The second-order valence-corrected chi connectivity index (χ2v) is 5.24. The van der Waals surface area contributed by atoms with Crippen LogP contribution in [0.4, 0.5) is 0 Å². The average Bonchev–Trinajstić information content (AvgIpc) is 2.51. The normalized spacial score (nSPS) is 10.2. The van der Waals surface area contributed by atoms with Crippen molar-refractivity contribution in [2.75, 3.05) is 12.4 Å². The summed E-state index contributed by atoms with van der Waals surface area (Å²) in [5.41, 5.74) is 3.52. The Hall–Kier alpha value is -2.12. The SMILES string of the molecule is Cc1ccnc(SCCOc2ccc(C(=O)NN)cc2)n1. The Morgan fingerprint density at radius 2 is 2.10 bits per heavy atom. The van der Waals surface area contributed by atoms with Gasteiger partial charge in [-0.1, -0.05) is 11.8 Å². The summed E-state index contributed by atoms with van der Waals surface area (Å²) in [7, 11) is 0. The van der Waals surface area contributed by atoms with Gasteiger partial charge in [-0.05, 0) is 37.3 Å². The number of nitrogen functional groups attached to an aromatic ring is 1. The lowest BCUT2D eigenvalue weighted by atomic mass is 10.2. The average molecular weight is 304 g/mol. The summed E-state index contributed by atoms with van der Waals surface area (Å²) in [6.07, 6.45) is 1.74. The van der Waals surface area contributed by atoms with Crippen LogP contribution in [0.3, 0.4) is 0 Å². The van der Waals surface area contributed by atoms with Crippen LogP contribution in [0.25, 0.3) is 0 Å². The predicted molar refractivity (Wildman–Crippen MR) is 81.1 cm³/mol. The number of nitrogens with zero attached hydrogens (tertiary/aromatic N) is 2. The molecule has 0 radical (unpaired) electrons. The minimum absolute atomic E-state index is 0.325. The van der Waals surface area contributed by atoms with Crippen molar-refractivity contribution in [3.05, 3.63) is 47.8 Å². The number of ether oxygens (including phenoxy) is 1. The molecule has 1 aromatic carbocycles. The molecule has 6 nitrogen and oxygen atoms in total. The second-order valence-electron chi connectivity index (χ2n) is 4.18. The summed E-state index contributed by atoms with van der Waals surface area (Å²) < 4.78 is 5.59. The lowest BCUT2D eigenvalue weighted by Gasteiger charge is -2.06. The third kappa shape index (κ3) is 4.73. The van der Waals surface area contributed by atoms with Crippen molar-refractivity contribution in [1.82, 2.24) is 15.4 Å². The van der Waals surface area contributed by atoms with Crippen molar-refractivity contribution in [2.24, 2.45) is 5.84 Å². The van der Waals surface area contributed by atoms with Gasteiger partial charge in [0.05, 0.1) is 6.61 Å². The van der Waals surface area contributed by atoms with E-state index in [9.17, 15) is 4.79 Å². The van der Waals surface area contributed by atoms with E-state index in [1.807, 2.05) is 13.0 Å². The van der Waals surface area contributed by atoms with Crippen LogP contribution in [0, 0.1) is 6.92 Å². The topological polar surface area (TPSA) is 90.1 Å². The van der Waals surface area contributed by atoms with Crippen molar-refractivity contribution in [3.8, 4) is 5.75 Å². The number of hydrogen-bond acceptors (Lipinski definition) is 6. The lowest BCUT2D eigenvalue weighted by Crippen LogP contribution is -2.29. The summed E-state index contributed by atoms with van der Waals surface area (Å²) in [4.78, 5) is 19.7. The number of aromatic nitrogens is 2. The van der Waals surface area contributed by atoms with Gasteiger partial charge in [-0.25, -0.2) is 15.8 Å². The zero-order valence-electron chi connectivity index (χ0n) is 11.6. The van der Waals surface area contributed by atoms with Crippen LogP contribution in [-0.4, -0.2) is 28.2 Å². The molecular formula is C14H16N4O2S. The molecule has 21 heavy (non-hydrogen) atoms. The molecule has 0 unspecified atom stereocenters. The van der Waals surface area contributed by atoms with E-state index in [0.717, 1.165) is 16.6 Å². The van der Waals surface area contributed by atoms with Gasteiger partial charge in [-0.3, -0.25) is 10.2 Å². The molecule has 2 rings (SSSR count). The molecule has 0 aliphatic carbocycles. The molecule has 0 aliphatic heterocycles. The van der Waals surface area contributed by atoms with E-state index in [1.165, 1.54) is 11.8 Å². The third-order valence-corrected chi connectivity index (χ3v) is 3.43. The van der Waals surface area contributed by atoms with Gasteiger partial charge in [-0.2, -0.15) is 0 Å². The molecule has 7 heteroatoms. The summed E-state index contributed by atoms with van der Waals surface area (Å²) in [5, 5.41) is 0.744. The van der Waals surface area contributed by atoms with Crippen molar-refractivity contribution in [2.45, 2.75) is 12.1 Å². The standard InChI is InChI=1S/C14H16N4O2S/c1-10-6-7-16-14(17-10)21-9-8-20-12-4-2-11(3-5-12)13(19)18-15/h2-7H,8-9,15H2,1H3,(H,18,19). The highest BCUT2D eigenvalue weighted by Gasteiger charge is 2.03. The van der Waals surface area contributed by atoms with Crippen molar-refractivity contribution >= 4 is 17.7 Å². The van der Waals surface area contributed by atoms with Crippen LogP contribution >= 0.6 is 11.8 Å². The second kappa shape index (κ2) is 7.61. The van der Waals surface area contributed by atoms with Crippen LogP contribution in [0.5, 0.6) is 5.75 Å². The Kier molecular flexibility index (Phi) is 5.53. The molecule has 0 saturated carbocycles. The molecule has 0 fully saturated rings. The molecule has 0 bridgehead atoms. The zero-order valence-corrected chi connectivity index (χ0v) is 12.4. The molecule has 0 atom stereocenters. The van der Waals surface area contributed by atoms with Gasteiger partial charge in [0.15, 0.2) is 5.16 Å². The molecule has 1 amide bonds. The van der Waals surface area contributed by atoms with Crippen LogP contribution in [0.15, 0.2) is 41.7 Å². The molecule has 1 heterocycles. The van der Waals surface area contributed by atoms with E-state index in [-0.39, 0.29) is 5.91 Å². The van der Waals surface area contributed by atoms with E-state index >= 15 is 0 Å². The fraction of sp³-hybridized carbons (Fsp3) is 0.214. The minimum atomic E-state index is -0.325. The number of thioether (sulfide) groups is 1. The Morgan fingerprint density at radius 1 is 1.33 bits per heavy atom. The maximum absolute atomic E-state index is 11.3. The summed E-state index contributed by atoms with van der Waals surface area (Å²) in [6.45, 7) is 2.46. The number of amides is 1. The van der Waals surface area contributed by atoms with Gasteiger partial charge in [0, 0.05) is 23.2 Å². The van der Waals surface area contributed by atoms with Crippen LogP contribution in [0.2, 0.25) is 0 Å². The summed E-state index contributed by atoms with van der Waals surface area (Å²) in [6, 6.07) is 8.65. The Labute approximate surface area is 127 Å². The van der Waals surface area contributed by atoms with E-state index in [1.54, 1.807) is 30.5 Å². The number of hydrogen-bond donors (Lipinski definition) is 2. The number of rotatable bonds is 6. The highest BCUT2D eigenvalue weighted by Crippen LogP contribution is 2.15.